The van der Waals surface area contributed by atoms with Crippen molar-refractivity contribution in [3.63, 3.8) is 0 Å². The molecule has 16 heavy (non-hydrogen) atoms. The monoisotopic (exact) mass is 220 g/mol. The van der Waals surface area contributed by atoms with Crippen LogP contribution in [0, 0.1) is 6.92 Å². The number of anilines is 2. The van der Waals surface area contributed by atoms with Crippen LogP contribution < -0.4 is 9.64 Å². The fourth-order valence-corrected chi connectivity index (χ4v) is 1.23. The normalized spacial score (nSPS) is 10.2. The average molecular weight is 220 g/mol. The third kappa shape index (κ3) is 1.92. The summed E-state index contributed by atoms with van der Waals surface area (Å²) in [7, 11) is 3.36. The third-order valence-corrected chi connectivity index (χ3v) is 2.03. The van der Waals surface area contributed by atoms with Crippen LogP contribution in [-0.4, -0.2) is 39.3 Å². The molecule has 0 saturated heterocycles. The Hall–Kier alpha value is -2.18. The molecule has 7 nitrogen and oxygen atoms in total. The standard InChI is InChI=1S/C9H12N6O/c1-6-4-7(16-3)13-9(12-6)15(2)8-10-5-11-14-8/h4-5H,1-3H3,(H,10,11,14). The molecule has 0 unspecified atom stereocenters. The molecule has 2 aromatic rings. The topological polar surface area (TPSA) is 79.8 Å². The second-order valence-electron chi connectivity index (χ2n) is 3.21. The Morgan fingerprint density at radius 1 is 1.31 bits per heavy atom. The Labute approximate surface area is 92.5 Å². The SMILES string of the molecule is COc1cc(C)nc(N(C)c2nc[nH]n2)n1. The van der Waals surface area contributed by atoms with Gasteiger partial charge < -0.3 is 4.74 Å². The van der Waals surface area contributed by atoms with Crippen LogP contribution in [0.4, 0.5) is 11.9 Å². The number of ether oxygens (including phenoxy) is 1. The molecule has 0 aliphatic heterocycles. The van der Waals surface area contributed by atoms with Crippen molar-refractivity contribution >= 4 is 11.9 Å². The summed E-state index contributed by atoms with van der Waals surface area (Å²) in [6.07, 6.45) is 1.50. The molecule has 0 bridgehead atoms. The van der Waals surface area contributed by atoms with Gasteiger partial charge in [0.15, 0.2) is 0 Å². The van der Waals surface area contributed by atoms with Gasteiger partial charge in [-0.2, -0.15) is 4.98 Å². The van der Waals surface area contributed by atoms with Crippen LogP contribution >= 0.6 is 0 Å². The summed E-state index contributed by atoms with van der Waals surface area (Å²) in [6.45, 7) is 1.87. The van der Waals surface area contributed by atoms with E-state index in [9.17, 15) is 0 Å². The Morgan fingerprint density at radius 3 is 2.75 bits per heavy atom. The van der Waals surface area contributed by atoms with E-state index in [0.717, 1.165) is 5.69 Å². The molecule has 7 heteroatoms. The Balaban J connectivity index is 2.36. The number of aromatic amines is 1. The van der Waals surface area contributed by atoms with Gasteiger partial charge in [0, 0.05) is 18.8 Å². The van der Waals surface area contributed by atoms with Gasteiger partial charge in [-0.05, 0) is 6.92 Å². The quantitative estimate of drug-likeness (QED) is 0.819. The molecular weight excluding hydrogens is 208 g/mol. The predicted octanol–water partition coefficient (Wildman–Crippen LogP) is 0.680. The van der Waals surface area contributed by atoms with Gasteiger partial charge in [-0.1, -0.05) is 0 Å². The van der Waals surface area contributed by atoms with Crippen LogP contribution in [0.1, 0.15) is 5.69 Å². The number of methoxy groups -OCH3 is 1. The summed E-state index contributed by atoms with van der Waals surface area (Å²) < 4.78 is 5.08. The van der Waals surface area contributed by atoms with Gasteiger partial charge in [0.25, 0.3) is 5.95 Å². The number of aromatic nitrogens is 5. The smallest absolute Gasteiger partial charge is 0.251 e. The minimum Gasteiger partial charge on any atom is -0.481 e. The van der Waals surface area contributed by atoms with Gasteiger partial charge in [-0.25, -0.2) is 9.97 Å². The minimum absolute atomic E-state index is 0.497. The van der Waals surface area contributed by atoms with Crippen LogP contribution in [0.25, 0.3) is 0 Å². The van der Waals surface area contributed by atoms with E-state index < -0.39 is 0 Å². The lowest BCUT2D eigenvalue weighted by atomic mass is 10.4. The number of hydrogen-bond acceptors (Lipinski definition) is 6. The zero-order valence-electron chi connectivity index (χ0n) is 9.30. The highest BCUT2D eigenvalue weighted by Crippen LogP contribution is 2.18. The van der Waals surface area contributed by atoms with Gasteiger partial charge >= 0.3 is 0 Å². The molecule has 0 atom stereocenters. The number of hydrogen-bond donors (Lipinski definition) is 1. The van der Waals surface area contributed by atoms with Gasteiger partial charge in [0.1, 0.15) is 6.33 Å². The molecule has 0 aliphatic carbocycles. The summed E-state index contributed by atoms with van der Waals surface area (Å²) >= 11 is 0. The Morgan fingerprint density at radius 2 is 2.12 bits per heavy atom. The van der Waals surface area contributed by atoms with Crippen LogP contribution in [0.15, 0.2) is 12.4 Å². The van der Waals surface area contributed by atoms with Crippen LogP contribution in [0.2, 0.25) is 0 Å². The number of nitrogens with one attached hydrogen (secondary N) is 1. The fourth-order valence-electron chi connectivity index (χ4n) is 1.23. The second-order valence-corrected chi connectivity index (χ2v) is 3.21. The summed E-state index contributed by atoms with van der Waals surface area (Å²) in [5.41, 5.74) is 0.823. The first-order chi connectivity index (χ1) is 7.70. The number of aryl methyl sites for hydroxylation is 1. The van der Waals surface area contributed by atoms with Crippen LogP contribution in [-0.2, 0) is 0 Å². The molecule has 0 fully saturated rings. The molecule has 2 aromatic heterocycles. The van der Waals surface area contributed by atoms with E-state index in [-0.39, 0.29) is 0 Å². The van der Waals surface area contributed by atoms with Crippen molar-refractivity contribution in [3.05, 3.63) is 18.1 Å². The van der Waals surface area contributed by atoms with Crippen molar-refractivity contribution in [2.75, 3.05) is 19.1 Å². The molecule has 0 saturated carbocycles. The first-order valence-electron chi connectivity index (χ1n) is 4.70. The summed E-state index contributed by atoms with van der Waals surface area (Å²) in [5.74, 6) is 1.52. The molecule has 0 spiro atoms. The summed E-state index contributed by atoms with van der Waals surface area (Å²) in [6, 6.07) is 1.76. The number of H-pyrrole nitrogens is 1. The van der Waals surface area contributed by atoms with Crippen molar-refractivity contribution in [1.29, 1.82) is 0 Å². The predicted molar refractivity (Wildman–Crippen MR) is 57.8 cm³/mol. The van der Waals surface area contributed by atoms with Crippen molar-refractivity contribution < 1.29 is 4.74 Å². The highest BCUT2D eigenvalue weighted by Gasteiger charge is 2.12. The summed E-state index contributed by atoms with van der Waals surface area (Å²) in [4.78, 5) is 14.2. The Kier molecular flexibility index (Phi) is 2.67. The van der Waals surface area contributed by atoms with Crippen molar-refractivity contribution in [2.24, 2.45) is 0 Å². The van der Waals surface area contributed by atoms with Crippen LogP contribution in [0.5, 0.6) is 5.88 Å². The van der Waals surface area contributed by atoms with E-state index in [2.05, 4.69) is 25.1 Å². The first kappa shape index (κ1) is 10.3. The van der Waals surface area contributed by atoms with Gasteiger partial charge in [-0.3, -0.25) is 10.00 Å². The lowest BCUT2D eigenvalue weighted by molar-refractivity contribution is 0.396. The molecule has 0 amide bonds. The van der Waals surface area contributed by atoms with E-state index in [1.165, 1.54) is 6.33 Å². The van der Waals surface area contributed by atoms with E-state index in [1.807, 2.05) is 6.92 Å². The molecule has 1 N–H and O–H groups in total. The zero-order chi connectivity index (χ0) is 11.5. The summed E-state index contributed by atoms with van der Waals surface area (Å²) in [5, 5.41) is 6.58. The van der Waals surface area contributed by atoms with Gasteiger partial charge in [0.05, 0.1) is 7.11 Å². The molecule has 2 heterocycles. The van der Waals surface area contributed by atoms with Crippen LogP contribution in [0.3, 0.4) is 0 Å². The molecule has 2 rings (SSSR count). The Bertz CT molecular complexity index is 469. The zero-order valence-corrected chi connectivity index (χ0v) is 9.30. The molecular formula is C9H12N6O. The lowest BCUT2D eigenvalue weighted by Gasteiger charge is -2.13. The highest BCUT2D eigenvalue weighted by molar-refractivity contribution is 5.46. The van der Waals surface area contributed by atoms with Gasteiger partial charge in [-0.15, -0.1) is 5.10 Å². The van der Waals surface area contributed by atoms with E-state index in [0.29, 0.717) is 17.8 Å². The fraction of sp³-hybridized carbons (Fsp3) is 0.333. The van der Waals surface area contributed by atoms with E-state index >= 15 is 0 Å². The maximum absolute atomic E-state index is 5.08. The van der Waals surface area contributed by atoms with Crippen molar-refractivity contribution in [3.8, 4) is 5.88 Å². The molecule has 84 valence electrons. The minimum atomic E-state index is 0.497. The number of nitrogens with zero attached hydrogens (tertiary/aromatic N) is 5. The molecule has 0 aliphatic rings. The third-order valence-electron chi connectivity index (χ3n) is 2.03. The van der Waals surface area contributed by atoms with E-state index in [4.69, 9.17) is 4.74 Å². The van der Waals surface area contributed by atoms with Crippen molar-refractivity contribution in [2.45, 2.75) is 6.92 Å². The van der Waals surface area contributed by atoms with Crippen molar-refractivity contribution in [1.82, 2.24) is 25.1 Å². The number of rotatable bonds is 3. The lowest BCUT2D eigenvalue weighted by Crippen LogP contribution is -2.15. The van der Waals surface area contributed by atoms with Gasteiger partial charge in [0.2, 0.25) is 11.8 Å². The first-order valence-corrected chi connectivity index (χ1v) is 4.70. The average Bonchev–Trinajstić information content (AvgIpc) is 2.80. The largest absolute Gasteiger partial charge is 0.481 e. The maximum atomic E-state index is 5.08. The maximum Gasteiger partial charge on any atom is 0.251 e. The highest BCUT2D eigenvalue weighted by atomic mass is 16.5. The second kappa shape index (κ2) is 4.13. The molecule has 0 radical (unpaired) electrons. The van der Waals surface area contributed by atoms with E-state index in [1.54, 1.807) is 25.1 Å². The molecule has 0 aromatic carbocycles.